The van der Waals surface area contributed by atoms with Crippen molar-refractivity contribution in [1.82, 2.24) is 9.55 Å². The molecular weight excluding hydrogens is 268 g/mol. The molecule has 0 fully saturated rings. The molecule has 1 heterocycles. The molecule has 0 aliphatic rings. The summed E-state index contributed by atoms with van der Waals surface area (Å²) in [6, 6.07) is 7.88. The van der Waals surface area contributed by atoms with E-state index in [-0.39, 0.29) is 5.15 Å². The molecule has 0 atom stereocenters. The van der Waals surface area contributed by atoms with E-state index >= 15 is 0 Å². The number of aromatic amines is 1. The first-order chi connectivity index (χ1) is 9.11. The van der Waals surface area contributed by atoms with Crippen LogP contribution in [0.4, 0.5) is 0 Å². The second-order valence-electron chi connectivity index (χ2n) is 3.94. The minimum Gasteiger partial charge on any atom is -0.494 e. The van der Waals surface area contributed by atoms with Crippen molar-refractivity contribution in [3.8, 4) is 11.4 Å². The molecule has 1 aromatic carbocycles. The molecule has 0 bridgehead atoms. The number of nitrogens with zero attached hydrogens (tertiary/aromatic N) is 1. The first-order valence-corrected chi connectivity index (χ1v) is 6.24. The predicted molar refractivity (Wildman–Crippen MR) is 73.5 cm³/mol. The quantitative estimate of drug-likeness (QED) is 0.871. The molecular formula is C13H13ClN2O3. The Labute approximate surface area is 114 Å². The second-order valence-corrected chi connectivity index (χ2v) is 4.35. The standard InChI is InChI=1S/C13H13ClN2O3/c1-2-7-19-10-5-3-9(4-6-10)16-12(17)8-11(14)15-13(16)18/h3-6,8H,2,7H2,1H3,(H,15,18). The van der Waals surface area contributed by atoms with E-state index in [9.17, 15) is 9.59 Å². The smallest absolute Gasteiger partial charge is 0.334 e. The Morgan fingerprint density at radius 2 is 1.95 bits per heavy atom. The number of hydrogen-bond donors (Lipinski definition) is 1. The zero-order valence-electron chi connectivity index (χ0n) is 10.4. The molecule has 2 rings (SSSR count). The largest absolute Gasteiger partial charge is 0.494 e. The average molecular weight is 281 g/mol. The predicted octanol–water partition coefficient (Wildman–Crippen LogP) is 1.97. The van der Waals surface area contributed by atoms with Crippen LogP contribution in [-0.4, -0.2) is 16.2 Å². The highest BCUT2D eigenvalue weighted by Gasteiger charge is 2.05. The Hall–Kier alpha value is -2.01. The van der Waals surface area contributed by atoms with Crippen LogP contribution in [0.25, 0.3) is 5.69 Å². The monoisotopic (exact) mass is 280 g/mol. The minimum atomic E-state index is -0.570. The zero-order valence-corrected chi connectivity index (χ0v) is 11.1. The first kappa shape index (κ1) is 13.4. The average Bonchev–Trinajstić information content (AvgIpc) is 2.36. The third-order valence-corrected chi connectivity index (χ3v) is 2.67. The molecule has 0 saturated carbocycles. The van der Waals surface area contributed by atoms with Gasteiger partial charge in [-0.1, -0.05) is 18.5 Å². The summed E-state index contributed by atoms with van der Waals surface area (Å²) >= 11 is 5.60. The highest BCUT2D eigenvalue weighted by atomic mass is 35.5. The van der Waals surface area contributed by atoms with E-state index in [1.54, 1.807) is 24.3 Å². The van der Waals surface area contributed by atoms with Crippen molar-refractivity contribution in [3.05, 3.63) is 56.3 Å². The fourth-order valence-electron chi connectivity index (χ4n) is 1.62. The van der Waals surface area contributed by atoms with E-state index in [4.69, 9.17) is 16.3 Å². The summed E-state index contributed by atoms with van der Waals surface area (Å²) in [5.74, 6) is 0.698. The van der Waals surface area contributed by atoms with E-state index in [2.05, 4.69) is 4.98 Å². The van der Waals surface area contributed by atoms with Crippen LogP contribution in [0.15, 0.2) is 39.9 Å². The SMILES string of the molecule is CCCOc1ccc(-n2c(=O)cc(Cl)[nH]c2=O)cc1. The molecule has 19 heavy (non-hydrogen) atoms. The van der Waals surface area contributed by atoms with Gasteiger partial charge in [-0.15, -0.1) is 0 Å². The highest BCUT2D eigenvalue weighted by Crippen LogP contribution is 2.13. The van der Waals surface area contributed by atoms with Crippen LogP contribution in [-0.2, 0) is 0 Å². The van der Waals surface area contributed by atoms with Gasteiger partial charge in [0.25, 0.3) is 5.56 Å². The summed E-state index contributed by atoms with van der Waals surface area (Å²) in [4.78, 5) is 25.8. The Kier molecular flexibility index (Phi) is 4.06. The van der Waals surface area contributed by atoms with Crippen molar-refractivity contribution in [3.63, 3.8) is 0 Å². The Morgan fingerprint density at radius 3 is 2.53 bits per heavy atom. The summed E-state index contributed by atoms with van der Waals surface area (Å²) in [6.45, 7) is 2.64. The van der Waals surface area contributed by atoms with Crippen molar-refractivity contribution in [2.24, 2.45) is 0 Å². The summed E-state index contributed by atoms with van der Waals surface area (Å²) in [5, 5.41) is 0.0224. The normalized spacial score (nSPS) is 10.4. The summed E-state index contributed by atoms with van der Waals surface area (Å²) in [6.07, 6.45) is 0.915. The molecule has 0 spiro atoms. The van der Waals surface area contributed by atoms with Crippen molar-refractivity contribution < 1.29 is 4.74 Å². The Morgan fingerprint density at radius 1 is 1.26 bits per heavy atom. The summed E-state index contributed by atoms with van der Waals surface area (Å²) < 4.78 is 6.44. The van der Waals surface area contributed by atoms with Crippen LogP contribution in [0.5, 0.6) is 5.75 Å². The van der Waals surface area contributed by atoms with Gasteiger partial charge in [-0.2, -0.15) is 0 Å². The second kappa shape index (κ2) is 5.75. The molecule has 0 radical (unpaired) electrons. The van der Waals surface area contributed by atoms with Gasteiger partial charge >= 0.3 is 5.69 Å². The van der Waals surface area contributed by atoms with Crippen molar-refractivity contribution in [2.75, 3.05) is 6.61 Å². The Bertz CT molecular complexity index is 642. The molecule has 0 saturated heterocycles. The molecule has 5 nitrogen and oxygen atoms in total. The van der Waals surface area contributed by atoms with Crippen molar-refractivity contribution in [1.29, 1.82) is 0 Å². The van der Waals surface area contributed by atoms with Crippen LogP contribution in [0.1, 0.15) is 13.3 Å². The van der Waals surface area contributed by atoms with Crippen LogP contribution >= 0.6 is 11.6 Å². The zero-order chi connectivity index (χ0) is 13.8. The number of ether oxygens (including phenoxy) is 1. The number of nitrogens with one attached hydrogen (secondary N) is 1. The van der Waals surface area contributed by atoms with Crippen molar-refractivity contribution >= 4 is 11.6 Å². The molecule has 0 aliphatic heterocycles. The summed E-state index contributed by atoms with van der Waals surface area (Å²) in [5.41, 5.74) is -0.581. The maximum Gasteiger partial charge on any atom is 0.334 e. The lowest BCUT2D eigenvalue weighted by Crippen LogP contribution is -2.32. The fraction of sp³-hybridized carbons (Fsp3) is 0.231. The maximum absolute atomic E-state index is 11.7. The van der Waals surface area contributed by atoms with Crippen LogP contribution in [0, 0.1) is 0 Å². The minimum absolute atomic E-state index is 0.0224. The third kappa shape index (κ3) is 3.06. The number of benzene rings is 1. The molecule has 0 aliphatic carbocycles. The van der Waals surface area contributed by atoms with E-state index in [0.29, 0.717) is 18.0 Å². The first-order valence-electron chi connectivity index (χ1n) is 5.87. The molecule has 2 aromatic rings. The number of aromatic nitrogens is 2. The van der Waals surface area contributed by atoms with Gasteiger partial charge in [0, 0.05) is 6.07 Å². The van der Waals surface area contributed by atoms with Gasteiger partial charge in [0.1, 0.15) is 10.9 Å². The van der Waals surface area contributed by atoms with Gasteiger partial charge in [-0.05, 0) is 30.7 Å². The van der Waals surface area contributed by atoms with Gasteiger partial charge in [0.2, 0.25) is 0 Å². The molecule has 0 amide bonds. The lowest BCUT2D eigenvalue weighted by molar-refractivity contribution is 0.317. The fourth-order valence-corrected chi connectivity index (χ4v) is 1.80. The summed E-state index contributed by atoms with van der Waals surface area (Å²) in [7, 11) is 0. The molecule has 100 valence electrons. The van der Waals surface area contributed by atoms with Crippen molar-refractivity contribution in [2.45, 2.75) is 13.3 Å². The van der Waals surface area contributed by atoms with E-state index in [0.717, 1.165) is 17.1 Å². The topological polar surface area (TPSA) is 64.1 Å². The van der Waals surface area contributed by atoms with E-state index in [1.165, 1.54) is 0 Å². The number of halogens is 1. The third-order valence-electron chi connectivity index (χ3n) is 2.47. The Balaban J connectivity index is 2.38. The lowest BCUT2D eigenvalue weighted by atomic mass is 10.3. The van der Waals surface area contributed by atoms with Gasteiger partial charge in [0.05, 0.1) is 12.3 Å². The lowest BCUT2D eigenvalue weighted by Gasteiger charge is -2.07. The maximum atomic E-state index is 11.7. The number of hydrogen-bond acceptors (Lipinski definition) is 3. The molecule has 1 N–H and O–H groups in total. The van der Waals surface area contributed by atoms with E-state index in [1.807, 2.05) is 6.92 Å². The van der Waals surface area contributed by atoms with Gasteiger partial charge in [-0.3, -0.25) is 9.78 Å². The number of rotatable bonds is 4. The van der Waals surface area contributed by atoms with Gasteiger partial charge < -0.3 is 4.74 Å². The number of H-pyrrole nitrogens is 1. The van der Waals surface area contributed by atoms with E-state index < -0.39 is 11.2 Å². The van der Waals surface area contributed by atoms with Crippen LogP contribution < -0.4 is 16.0 Å². The van der Waals surface area contributed by atoms with Gasteiger partial charge in [-0.25, -0.2) is 9.36 Å². The van der Waals surface area contributed by atoms with Gasteiger partial charge in [0.15, 0.2) is 0 Å². The highest BCUT2D eigenvalue weighted by molar-refractivity contribution is 6.29. The molecule has 1 aromatic heterocycles. The molecule has 0 unspecified atom stereocenters. The van der Waals surface area contributed by atoms with Crippen LogP contribution in [0.3, 0.4) is 0 Å². The van der Waals surface area contributed by atoms with Crippen LogP contribution in [0.2, 0.25) is 5.15 Å². The molecule has 6 heteroatoms.